The molecule has 1 aliphatic rings. The molecule has 2 N–H and O–H groups in total. The lowest BCUT2D eigenvalue weighted by Crippen LogP contribution is -2.30. The van der Waals surface area contributed by atoms with Crippen LogP contribution >= 0.6 is 24.0 Å². The van der Waals surface area contributed by atoms with Crippen LogP contribution in [-0.4, -0.2) is 37.8 Å². The van der Waals surface area contributed by atoms with Crippen molar-refractivity contribution in [1.82, 2.24) is 19.8 Å². The van der Waals surface area contributed by atoms with E-state index in [1.165, 1.54) is 10.9 Å². The van der Waals surface area contributed by atoms with Gasteiger partial charge in [0.2, 0.25) is 0 Å². The average molecular weight is 327 g/mol. The Hall–Kier alpha value is -0.600. The Kier molecular flexibility index (Phi) is 5.82. The van der Waals surface area contributed by atoms with Gasteiger partial charge in [0.15, 0.2) is 5.03 Å². The van der Waals surface area contributed by atoms with Gasteiger partial charge in [-0.15, -0.1) is 12.4 Å². The number of hydrogen-bond donors (Lipinski definition) is 2. The summed E-state index contributed by atoms with van der Waals surface area (Å²) in [5, 5.41) is 7.11. The summed E-state index contributed by atoms with van der Waals surface area (Å²) in [4.78, 5) is 0. The second-order valence-corrected chi connectivity index (χ2v) is 6.15. The molecule has 19 heavy (non-hydrogen) atoms. The number of aryl methyl sites for hydroxylation is 1. The van der Waals surface area contributed by atoms with E-state index in [0.29, 0.717) is 6.54 Å². The van der Waals surface area contributed by atoms with Crippen LogP contribution in [0.1, 0.15) is 6.42 Å². The SMILES string of the molecule is Cl.Cn1ncc(Cl)c1S(=O)(=O)NCC1=CCNCC1. The van der Waals surface area contributed by atoms with Crippen LogP contribution in [0.5, 0.6) is 0 Å². The molecule has 1 aliphatic heterocycles. The molecule has 6 nitrogen and oxygen atoms in total. The minimum absolute atomic E-state index is 0. The Labute approximate surface area is 123 Å². The largest absolute Gasteiger partial charge is 0.313 e. The first-order valence-electron chi connectivity index (χ1n) is 5.56. The molecule has 0 saturated heterocycles. The molecule has 0 aliphatic carbocycles. The maximum absolute atomic E-state index is 12.1. The minimum Gasteiger partial charge on any atom is -0.313 e. The van der Waals surface area contributed by atoms with Crippen molar-refractivity contribution in [1.29, 1.82) is 0 Å². The van der Waals surface area contributed by atoms with Gasteiger partial charge in [0, 0.05) is 20.1 Å². The standard InChI is InChI=1S/C10H15ClN4O2S.ClH/c1-15-10(9(11)7-13-15)18(16,17)14-6-8-2-4-12-5-3-8;/h2,7,12,14H,3-6H2,1H3;1H. The number of aromatic nitrogens is 2. The monoisotopic (exact) mass is 326 g/mol. The fourth-order valence-corrected chi connectivity index (χ4v) is 3.48. The highest BCUT2D eigenvalue weighted by Gasteiger charge is 2.22. The molecule has 0 unspecified atom stereocenters. The predicted octanol–water partition coefficient (Wildman–Crippen LogP) is 0.693. The Bertz CT molecular complexity index is 549. The second-order valence-electron chi connectivity index (χ2n) is 4.06. The molecule has 0 bridgehead atoms. The Balaban J connectivity index is 0.00000180. The molecular weight excluding hydrogens is 311 g/mol. The van der Waals surface area contributed by atoms with E-state index < -0.39 is 10.0 Å². The van der Waals surface area contributed by atoms with Crippen LogP contribution in [0.15, 0.2) is 22.9 Å². The first-order chi connectivity index (χ1) is 8.50. The summed E-state index contributed by atoms with van der Waals surface area (Å²) >= 11 is 5.82. The molecule has 0 fully saturated rings. The van der Waals surface area contributed by atoms with Crippen LogP contribution in [0.4, 0.5) is 0 Å². The van der Waals surface area contributed by atoms with Crippen LogP contribution in [0.2, 0.25) is 5.02 Å². The highest BCUT2D eigenvalue weighted by molar-refractivity contribution is 7.89. The van der Waals surface area contributed by atoms with E-state index in [0.717, 1.165) is 25.1 Å². The van der Waals surface area contributed by atoms with Gasteiger partial charge >= 0.3 is 0 Å². The van der Waals surface area contributed by atoms with E-state index in [1.54, 1.807) is 7.05 Å². The van der Waals surface area contributed by atoms with Crippen LogP contribution in [0.3, 0.4) is 0 Å². The number of halogens is 2. The van der Waals surface area contributed by atoms with Crippen molar-refractivity contribution in [3.8, 4) is 0 Å². The van der Waals surface area contributed by atoms with E-state index >= 15 is 0 Å². The highest BCUT2D eigenvalue weighted by atomic mass is 35.5. The molecule has 0 atom stereocenters. The van der Waals surface area contributed by atoms with E-state index in [9.17, 15) is 8.42 Å². The van der Waals surface area contributed by atoms with Crippen molar-refractivity contribution >= 4 is 34.0 Å². The lowest BCUT2D eigenvalue weighted by atomic mass is 10.1. The van der Waals surface area contributed by atoms with E-state index in [4.69, 9.17) is 11.6 Å². The van der Waals surface area contributed by atoms with Crippen molar-refractivity contribution in [2.24, 2.45) is 7.05 Å². The summed E-state index contributed by atoms with van der Waals surface area (Å²) < 4.78 is 28.0. The molecule has 108 valence electrons. The maximum atomic E-state index is 12.1. The summed E-state index contributed by atoms with van der Waals surface area (Å²) in [5.41, 5.74) is 1.08. The number of sulfonamides is 1. The Morgan fingerprint density at radius 1 is 1.58 bits per heavy atom. The van der Waals surface area contributed by atoms with Crippen molar-refractivity contribution in [2.75, 3.05) is 19.6 Å². The second kappa shape index (κ2) is 6.71. The lowest BCUT2D eigenvalue weighted by molar-refractivity contribution is 0.564. The summed E-state index contributed by atoms with van der Waals surface area (Å²) in [6.07, 6.45) is 4.17. The van der Waals surface area contributed by atoms with Crippen molar-refractivity contribution in [3.05, 3.63) is 22.9 Å². The van der Waals surface area contributed by atoms with E-state index in [1.807, 2.05) is 6.08 Å². The zero-order chi connectivity index (χ0) is 13.2. The first kappa shape index (κ1) is 16.5. The van der Waals surface area contributed by atoms with Crippen molar-refractivity contribution in [2.45, 2.75) is 11.4 Å². The number of nitrogens with one attached hydrogen (secondary N) is 2. The number of nitrogens with zero attached hydrogens (tertiary/aromatic N) is 2. The Morgan fingerprint density at radius 2 is 2.32 bits per heavy atom. The fourth-order valence-electron chi connectivity index (χ4n) is 1.79. The minimum atomic E-state index is -3.62. The van der Waals surface area contributed by atoms with Gasteiger partial charge in [-0.05, 0) is 13.0 Å². The third-order valence-electron chi connectivity index (χ3n) is 2.74. The van der Waals surface area contributed by atoms with Crippen molar-refractivity contribution in [3.63, 3.8) is 0 Å². The van der Waals surface area contributed by atoms with Crippen LogP contribution in [0, 0.1) is 0 Å². The predicted molar refractivity (Wildman–Crippen MR) is 76.2 cm³/mol. The molecule has 0 spiro atoms. The third-order valence-corrected chi connectivity index (χ3v) is 4.65. The van der Waals surface area contributed by atoms with Crippen LogP contribution in [-0.2, 0) is 17.1 Å². The third kappa shape index (κ3) is 3.93. The van der Waals surface area contributed by atoms with Gasteiger partial charge in [0.05, 0.1) is 11.2 Å². The molecule has 1 aromatic heterocycles. The number of hydrogen-bond acceptors (Lipinski definition) is 4. The van der Waals surface area contributed by atoms with E-state index in [2.05, 4.69) is 15.1 Å². The molecule has 2 rings (SSSR count). The highest BCUT2D eigenvalue weighted by Crippen LogP contribution is 2.19. The molecular formula is C10H16Cl2N4O2S. The quantitative estimate of drug-likeness (QED) is 0.798. The van der Waals surface area contributed by atoms with Gasteiger partial charge in [0.1, 0.15) is 0 Å². The molecule has 0 aromatic carbocycles. The smallest absolute Gasteiger partial charge is 0.259 e. The van der Waals surface area contributed by atoms with Gasteiger partial charge in [-0.1, -0.05) is 23.3 Å². The van der Waals surface area contributed by atoms with Crippen LogP contribution < -0.4 is 10.0 Å². The van der Waals surface area contributed by atoms with E-state index in [-0.39, 0.29) is 22.5 Å². The van der Waals surface area contributed by atoms with Gasteiger partial charge in [0.25, 0.3) is 10.0 Å². The van der Waals surface area contributed by atoms with Gasteiger partial charge in [-0.25, -0.2) is 13.1 Å². The van der Waals surface area contributed by atoms with Crippen molar-refractivity contribution < 1.29 is 8.42 Å². The summed E-state index contributed by atoms with van der Waals surface area (Å²) in [7, 11) is -2.07. The van der Waals surface area contributed by atoms with Gasteiger partial charge < -0.3 is 5.32 Å². The molecule has 0 amide bonds. The molecule has 0 radical (unpaired) electrons. The normalized spacial score (nSPS) is 15.8. The summed E-state index contributed by atoms with van der Waals surface area (Å²) in [5.74, 6) is 0. The first-order valence-corrected chi connectivity index (χ1v) is 7.42. The van der Waals surface area contributed by atoms with Crippen LogP contribution in [0.25, 0.3) is 0 Å². The molecule has 0 saturated carbocycles. The zero-order valence-electron chi connectivity index (χ0n) is 10.4. The number of rotatable bonds is 4. The van der Waals surface area contributed by atoms with Gasteiger partial charge in [-0.2, -0.15) is 5.10 Å². The summed E-state index contributed by atoms with van der Waals surface area (Å²) in [6, 6.07) is 0. The van der Waals surface area contributed by atoms with Gasteiger partial charge in [-0.3, -0.25) is 4.68 Å². The lowest BCUT2D eigenvalue weighted by Gasteiger charge is -2.14. The molecule has 2 heterocycles. The Morgan fingerprint density at radius 3 is 2.84 bits per heavy atom. The zero-order valence-corrected chi connectivity index (χ0v) is 12.8. The topological polar surface area (TPSA) is 76.0 Å². The maximum Gasteiger partial charge on any atom is 0.259 e. The molecule has 9 heteroatoms. The summed E-state index contributed by atoms with van der Waals surface area (Å²) in [6.45, 7) is 1.97. The fraction of sp³-hybridized carbons (Fsp3) is 0.500. The average Bonchev–Trinajstić information content (AvgIpc) is 2.69. The molecule has 1 aromatic rings.